The van der Waals surface area contributed by atoms with E-state index in [2.05, 4.69) is 72.5 Å². The number of hydrogen-bond donors (Lipinski definition) is 0. The lowest BCUT2D eigenvalue weighted by Crippen LogP contribution is -2.30. The molecule has 0 N–H and O–H groups in total. The minimum absolute atomic E-state index is 0.0446. The Balaban J connectivity index is 1.45. The predicted octanol–water partition coefficient (Wildman–Crippen LogP) is 2.90. The molecule has 2 aliphatic rings. The van der Waals surface area contributed by atoms with Gasteiger partial charge < -0.3 is 9.80 Å². The van der Waals surface area contributed by atoms with Crippen molar-refractivity contribution in [2.45, 2.75) is 26.2 Å². The summed E-state index contributed by atoms with van der Waals surface area (Å²) < 4.78 is 0.917. The Hall–Kier alpha value is -1.76. The van der Waals surface area contributed by atoms with Crippen molar-refractivity contribution >= 4 is 27.7 Å². The van der Waals surface area contributed by atoms with E-state index >= 15 is 0 Å². The molecule has 2 aliphatic heterocycles. The van der Waals surface area contributed by atoms with Crippen molar-refractivity contribution in [3.8, 4) is 0 Å². The first-order valence-electron chi connectivity index (χ1n) is 8.70. The summed E-state index contributed by atoms with van der Waals surface area (Å²) in [5.41, 5.74) is 1.14. The van der Waals surface area contributed by atoms with Crippen LogP contribution in [0.2, 0.25) is 0 Å². The maximum atomic E-state index is 4.52. The van der Waals surface area contributed by atoms with Gasteiger partial charge in [-0.1, -0.05) is 20.8 Å². The highest BCUT2D eigenvalue weighted by atomic mass is 79.9. The summed E-state index contributed by atoms with van der Waals surface area (Å²) in [6, 6.07) is 2.15. The Labute approximate surface area is 156 Å². The van der Waals surface area contributed by atoms with Gasteiger partial charge in [0.1, 0.15) is 12.1 Å². The molecule has 7 heteroatoms. The average molecular weight is 403 g/mol. The molecule has 0 aliphatic carbocycles. The summed E-state index contributed by atoms with van der Waals surface area (Å²) >= 11 is 3.39. The van der Waals surface area contributed by atoms with Crippen LogP contribution in [0.15, 0.2) is 29.3 Å². The third-order valence-corrected chi connectivity index (χ3v) is 5.53. The molecule has 4 rings (SSSR count). The van der Waals surface area contributed by atoms with Crippen LogP contribution in [-0.2, 0) is 5.41 Å². The first-order chi connectivity index (χ1) is 11.9. The molecule has 6 nitrogen and oxygen atoms in total. The van der Waals surface area contributed by atoms with Crippen LogP contribution in [0.5, 0.6) is 0 Å². The van der Waals surface area contributed by atoms with Gasteiger partial charge in [0.15, 0.2) is 0 Å². The maximum absolute atomic E-state index is 4.52. The van der Waals surface area contributed by atoms with Crippen molar-refractivity contribution in [3.05, 3.63) is 35.0 Å². The van der Waals surface area contributed by atoms with Gasteiger partial charge in [-0.25, -0.2) is 19.9 Å². The maximum Gasteiger partial charge on any atom is 0.225 e. The molecule has 0 amide bonds. The van der Waals surface area contributed by atoms with Gasteiger partial charge >= 0.3 is 0 Å². The Kier molecular flexibility index (Phi) is 4.14. The quantitative estimate of drug-likeness (QED) is 0.769. The SMILES string of the molecule is CC(C)(C)c1cc(N2CC3CN(c4ncc(Br)cn4)CC3C2)ncn1. The summed E-state index contributed by atoms with van der Waals surface area (Å²) in [7, 11) is 0. The zero-order valence-corrected chi connectivity index (χ0v) is 16.4. The molecule has 2 atom stereocenters. The summed E-state index contributed by atoms with van der Waals surface area (Å²) in [6.45, 7) is 10.7. The molecule has 2 aromatic rings. The number of halogens is 1. The number of aromatic nitrogens is 4. The van der Waals surface area contributed by atoms with Crippen molar-refractivity contribution in [1.82, 2.24) is 19.9 Å². The number of anilines is 2. The summed E-state index contributed by atoms with van der Waals surface area (Å²) in [5.74, 6) is 3.17. The molecule has 132 valence electrons. The third-order valence-electron chi connectivity index (χ3n) is 5.12. The monoisotopic (exact) mass is 402 g/mol. The molecule has 0 bridgehead atoms. The van der Waals surface area contributed by atoms with Crippen molar-refractivity contribution in [2.75, 3.05) is 36.0 Å². The van der Waals surface area contributed by atoms with Gasteiger partial charge in [-0.05, 0) is 15.9 Å². The topological polar surface area (TPSA) is 58.0 Å². The Morgan fingerprint density at radius 3 is 2.12 bits per heavy atom. The van der Waals surface area contributed by atoms with Gasteiger partial charge in [-0.3, -0.25) is 0 Å². The molecular weight excluding hydrogens is 380 g/mol. The normalized spacial score (nSPS) is 23.2. The first-order valence-corrected chi connectivity index (χ1v) is 9.49. The van der Waals surface area contributed by atoms with E-state index in [0.29, 0.717) is 11.8 Å². The van der Waals surface area contributed by atoms with Crippen LogP contribution in [0, 0.1) is 11.8 Å². The summed E-state index contributed by atoms with van der Waals surface area (Å²) in [6.07, 6.45) is 5.33. The highest BCUT2D eigenvalue weighted by molar-refractivity contribution is 9.10. The Morgan fingerprint density at radius 1 is 0.920 bits per heavy atom. The predicted molar refractivity (Wildman–Crippen MR) is 102 cm³/mol. The van der Waals surface area contributed by atoms with Crippen molar-refractivity contribution < 1.29 is 0 Å². The minimum Gasteiger partial charge on any atom is -0.356 e. The van der Waals surface area contributed by atoms with Gasteiger partial charge in [-0.2, -0.15) is 0 Å². The van der Waals surface area contributed by atoms with Crippen molar-refractivity contribution in [2.24, 2.45) is 11.8 Å². The van der Waals surface area contributed by atoms with E-state index in [-0.39, 0.29) is 5.41 Å². The van der Waals surface area contributed by atoms with Crippen LogP contribution >= 0.6 is 15.9 Å². The molecule has 0 saturated carbocycles. The highest BCUT2D eigenvalue weighted by Gasteiger charge is 2.41. The fraction of sp³-hybridized carbons (Fsp3) is 0.556. The van der Waals surface area contributed by atoms with Gasteiger partial charge in [0.2, 0.25) is 5.95 Å². The summed E-state index contributed by atoms with van der Waals surface area (Å²) in [5, 5.41) is 0. The molecule has 2 aromatic heterocycles. The van der Waals surface area contributed by atoms with E-state index in [0.717, 1.165) is 48.1 Å². The Morgan fingerprint density at radius 2 is 1.52 bits per heavy atom. The highest BCUT2D eigenvalue weighted by Crippen LogP contribution is 2.35. The van der Waals surface area contributed by atoms with E-state index in [1.54, 1.807) is 6.33 Å². The van der Waals surface area contributed by atoms with E-state index in [1.807, 2.05) is 12.4 Å². The lowest BCUT2D eigenvalue weighted by atomic mass is 9.92. The van der Waals surface area contributed by atoms with E-state index in [1.165, 1.54) is 0 Å². The smallest absolute Gasteiger partial charge is 0.225 e. The van der Waals surface area contributed by atoms with Gasteiger partial charge in [-0.15, -0.1) is 0 Å². The molecule has 2 unspecified atom stereocenters. The second-order valence-electron chi connectivity index (χ2n) is 8.04. The lowest BCUT2D eigenvalue weighted by molar-refractivity contribution is 0.533. The molecule has 2 fully saturated rings. The fourth-order valence-corrected chi connectivity index (χ4v) is 3.95. The number of fused-ring (bicyclic) bond motifs is 1. The van der Waals surface area contributed by atoms with Crippen LogP contribution < -0.4 is 9.80 Å². The number of hydrogen-bond acceptors (Lipinski definition) is 6. The molecule has 0 radical (unpaired) electrons. The second-order valence-corrected chi connectivity index (χ2v) is 8.96. The first kappa shape index (κ1) is 16.7. The lowest BCUT2D eigenvalue weighted by Gasteiger charge is -2.24. The molecular formula is C18H23BrN6. The largest absolute Gasteiger partial charge is 0.356 e. The van der Waals surface area contributed by atoms with Gasteiger partial charge in [0, 0.05) is 61.9 Å². The minimum atomic E-state index is 0.0446. The van der Waals surface area contributed by atoms with Crippen LogP contribution in [0.4, 0.5) is 11.8 Å². The number of rotatable bonds is 2. The Bertz CT molecular complexity index is 743. The zero-order chi connectivity index (χ0) is 17.6. The van der Waals surface area contributed by atoms with Crippen LogP contribution in [0.1, 0.15) is 26.5 Å². The van der Waals surface area contributed by atoms with E-state index in [9.17, 15) is 0 Å². The van der Waals surface area contributed by atoms with Crippen LogP contribution in [0.3, 0.4) is 0 Å². The molecule has 0 spiro atoms. The third kappa shape index (κ3) is 3.34. The van der Waals surface area contributed by atoms with Crippen LogP contribution in [-0.4, -0.2) is 46.1 Å². The second kappa shape index (κ2) is 6.20. The number of nitrogens with zero attached hydrogens (tertiary/aromatic N) is 6. The fourth-order valence-electron chi connectivity index (χ4n) is 3.74. The average Bonchev–Trinajstić information content (AvgIpc) is 3.14. The molecule has 0 aromatic carbocycles. The van der Waals surface area contributed by atoms with E-state index < -0.39 is 0 Å². The van der Waals surface area contributed by atoms with Gasteiger partial charge in [0.05, 0.1) is 10.2 Å². The van der Waals surface area contributed by atoms with Crippen molar-refractivity contribution in [3.63, 3.8) is 0 Å². The molecule has 2 saturated heterocycles. The standard InChI is InChI=1S/C18H23BrN6/c1-18(2,3)15-4-16(23-11-22-15)24-7-12-9-25(10-13(12)8-24)17-20-5-14(19)6-21-17/h4-6,11-13H,7-10H2,1-3H3. The molecule has 25 heavy (non-hydrogen) atoms. The van der Waals surface area contributed by atoms with Crippen molar-refractivity contribution in [1.29, 1.82) is 0 Å². The molecule has 4 heterocycles. The van der Waals surface area contributed by atoms with Gasteiger partial charge in [0.25, 0.3) is 0 Å². The zero-order valence-electron chi connectivity index (χ0n) is 14.9. The van der Waals surface area contributed by atoms with Crippen LogP contribution in [0.25, 0.3) is 0 Å². The summed E-state index contributed by atoms with van der Waals surface area (Å²) in [4.78, 5) is 22.6. The van der Waals surface area contributed by atoms with E-state index in [4.69, 9.17) is 0 Å².